The molecule has 1 aliphatic heterocycles. The van der Waals surface area contributed by atoms with Crippen LogP contribution >= 0.6 is 0 Å². The van der Waals surface area contributed by atoms with E-state index in [0.717, 1.165) is 5.56 Å². The first-order chi connectivity index (χ1) is 15.7. The molecule has 3 N–H and O–H groups in total. The summed E-state index contributed by atoms with van der Waals surface area (Å²) in [6.07, 6.45) is 0. The number of fused-ring (bicyclic) bond motifs is 1. The molecule has 3 aromatic carbocycles. The molecule has 3 amide bonds. The Morgan fingerprint density at radius 2 is 1.42 bits per heavy atom. The predicted octanol–water partition coefficient (Wildman–Crippen LogP) is 4.82. The van der Waals surface area contributed by atoms with Gasteiger partial charge in [-0.25, -0.2) is 0 Å². The van der Waals surface area contributed by atoms with Crippen LogP contribution < -0.4 is 20.7 Å². The standard InChI is InChI=1S/C26H25N3O4/c1-26(2,3)18-11-8-16(9-12-18)24(31)28-19-6-4-5-7-20(19)29-25(32)17-10-13-21-22(14-17)33-15-23(30)27-21/h4-14H,15H2,1-3H3,(H,27,30)(H,28,31)(H,29,32). The number of rotatable bonds is 4. The number of hydrogen-bond donors (Lipinski definition) is 3. The van der Waals surface area contributed by atoms with E-state index in [2.05, 4.69) is 36.7 Å². The molecule has 0 saturated heterocycles. The Morgan fingerprint density at radius 3 is 2.03 bits per heavy atom. The van der Waals surface area contributed by atoms with Gasteiger partial charge in [-0.3, -0.25) is 14.4 Å². The van der Waals surface area contributed by atoms with Gasteiger partial charge in [0.2, 0.25) is 0 Å². The smallest absolute Gasteiger partial charge is 0.262 e. The van der Waals surface area contributed by atoms with Crippen LogP contribution in [0.1, 0.15) is 47.1 Å². The minimum absolute atomic E-state index is 0.000789. The van der Waals surface area contributed by atoms with Crippen LogP contribution in [0.5, 0.6) is 5.75 Å². The molecule has 0 bridgehead atoms. The second-order valence-corrected chi connectivity index (χ2v) is 8.83. The van der Waals surface area contributed by atoms with Gasteiger partial charge in [0.1, 0.15) is 5.75 Å². The lowest BCUT2D eigenvalue weighted by Gasteiger charge is -2.19. The second-order valence-electron chi connectivity index (χ2n) is 8.83. The number of carbonyl (C=O) groups excluding carboxylic acids is 3. The molecule has 0 unspecified atom stereocenters. The Hall–Kier alpha value is -4.13. The summed E-state index contributed by atoms with van der Waals surface area (Å²) in [5.41, 5.74) is 3.50. The zero-order valence-electron chi connectivity index (χ0n) is 18.7. The number of amides is 3. The van der Waals surface area contributed by atoms with E-state index in [4.69, 9.17) is 4.74 Å². The van der Waals surface area contributed by atoms with Crippen LogP contribution in [0.25, 0.3) is 0 Å². The highest BCUT2D eigenvalue weighted by atomic mass is 16.5. The van der Waals surface area contributed by atoms with Crippen molar-refractivity contribution in [2.24, 2.45) is 0 Å². The van der Waals surface area contributed by atoms with Gasteiger partial charge < -0.3 is 20.7 Å². The molecular weight excluding hydrogens is 418 g/mol. The van der Waals surface area contributed by atoms with E-state index in [9.17, 15) is 14.4 Å². The molecule has 0 saturated carbocycles. The maximum atomic E-state index is 12.8. The van der Waals surface area contributed by atoms with E-state index >= 15 is 0 Å². The molecule has 4 rings (SSSR count). The number of anilines is 3. The molecule has 0 spiro atoms. The summed E-state index contributed by atoms with van der Waals surface area (Å²) in [5.74, 6) is -0.440. The quantitative estimate of drug-likeness (QED) is 0.539. The Bertz CT molecular complexity index is 1230. The third-order valence-electron chi connectivity index (χ3n) is 5.31. The SMILES string of the molecule is CC(C)(C)c1ccc(C(=O)Nc2ccccc2NC(=O)c2ccc3c(c2)OCC(=O)N3)cc1. The fourth-order valence-corrected chi connectivity index (χ4v) is 3.43. The van der Waals surface area contributed by atoms with Gasteiger partial charge in [0.05, 0.1) is 17.1 Å². The Kier molecular flexibility index (Phi) is 5.87. The van der Waals surface area contributed by atoms with Crippen molar-refractivity contribution in [1.82, 2.24) is 0 Å². The molecular formula is C26H25N3O4. The van der Waals surface area contributed by atoms with Crippen LogP contribution in [0.2, 0.25) is 0 Å². The van der Waals surface area contributed by atoms with Crippen LogP contribution in [0.15, 0.2) is 66.7 Å². The third kappa shape index (κ3) is 5.03. The highest BCUT2D eigenvalue weighted by Crippen LogP contribution is 2.30. The van der Waals surface area contributed by atoms with Crippen LogP contribution in [-0.4, -0.2) is 24.3 Å². The molecule has 1 aliphatic rings. The summed E-state index contributed by atoms with van der Waals surface area (Å²) in [6, 6.07) is 19.3. The van der Waals surface area contributed by atoms with Crippen molar-refractivity contribution >= 4 is 34.8 Å². The minimum atomic E-state index is -0.366. The van der Waals surface area contributed by atoms with Crippen LogP contribution in [-0.2, 0) is 10.2 Å². The first-order valence-electron chi connectivity index (χ1n) is 10.6. The average Bonchev–Trinajstić information content (AvgIpc) is 2.79. The van der Waals surface area contributed by atoms with Gasteiger partial charge in [-0.05, 0) is 53.4 Å². The molecule has 0 radical (unpaired) electrons. The van der Waals surface area contributed by atoms with Crippen LogP contribution in [0.4, 0.5) is 17.1 Å². The highest BCUT2D eigenvalue weighted by Gasteiger charge is 2.19. The predicted molar refractivity (Wildman–Crippen MR) is 128 cm³/mol. The summed E-state index contributed by atoms with van der Waals surface area (Å²) in [7, 11) is 0. The minimum Gasteiger partial charge on any atom is -0.482 e. The molecule has 3 aromatic rings. The van der Waals surface area contributed by atoms with Crippen molar-refractivity contribution in [2.75, 3.05) is 22.6 Å². The number of ether oxygens (including phenoxy) is 1. The lowest BCUT2D eigenvalue weighted by molar-refractivity contribution is -0.118. The van der Waals surface area contributed by atoms with E-state index in [0.29, 0.717) is 33.9 Å². The molecule has 7 heteroatoms. The van der Waals surface area contributed by atoms with E-state index < -0.39 is 0 Å². The van der Waals surface area contributed by atoms with Crippen LogP contribution in [0.3, 0.4) is 0 Å². The van der Waals surface area contributed by atoms with Crippen molar-refractivity contribution in [3.63, 3.8) is 0 Å². The van der Waals surface area contributed by atoms with Gasteiger partial charge in [0.25, 0.3) is 17.7 Å². The molecule has 33 heavy (non-hydrogen) atoms. The van der Waals surface area contributed by atoms with Gasteiger partial charge in [-0.15, -0.1) is 0 Å². The van der Waals surface area contributed by atoms with Crippen molar-refractivity contribution in [1.29, 1.82) is 0 Å². The maximum absolute atomic E-state index is 12.8. The topological polar surface area (TPSA) is 96.5 Å². The zero-order chi connectivity index (χ0) is 23.6. The lowest BCUT2D eigenvalue weighted by Crippen LogP contribution is -2.25. The normalized spacial score (nSPS) is 12.8. The molecule has 0 fully saturated rings. The van der Waals surface area contributed by atoms with Crippen LogP contribution in [0, 0.1) is 0 Å². The molecule has 1 heterocycles. The van der Waals surface area contributed by atoms with E-state index in [1.807, 2.05) is 12.1 Å². The molecule has 0 atom stereocenters. The third-order valence-corrected chi connectivity index (χ3v) is 5.31. The fourth-order valence-electron chi connectivity index (χ4n) is 3.43. The molecule has 7 nitrogen and oxygen atoms in total. The Morgan fingerprint density at radius 1 is 0.848 bits per heavy atom. The van der Waals surface area contributed by atoms with Gasteiger partial charge in [-0.2, -0.15) is 0 Å². The van der Waals surface area contributed by atoms with Gasteiger partial charge in [-0.1, -0.05) is 45.0 Å². The van der Waals surface area contributed by atoms with E-state index in [-0.39, 0.29) is 29.7 Å². The second kappa shape index (κ2) is 8.78. The Balaban J connectivity index is 1.49. The number of nitrogens with one attached hydrogen (secondary N) is 3. The lowest BCUT2D eigenvalue weighted by atomic mass is 9.87. The monoisotopic (exact) mass is 443 g/mol. The zero-order valence-corrected chi connectivity index (χ0v) is 18.7. The van der Waals surface area contributed by atoms with Gasteiger partial charge >= 0.3 is 0 Å². The van der Waals surface area contributed by atoms with E-state index in [1.54, 1.807) is 54.6 Å². The summed E-state index contributed by atoms with van der Waals surface area (Å²) in [5, 5.41) is 8.39. The number of benzene rings is 3. The summed E-state index contributed by atoms with van der Waals surface area (Å²) in [4.78, 5) is 37.1. The summed E-state index contributed by atoms with van der Waals surface area (Å²) >= 11 is 0. The summed E-state index contributed by atoms with van der Waals surface area (Å²) in [6.45, 7) is 6.26. The van der Waals surface area contributed by atoms with E-state index in [1.165, 1.54) is 0 Å². The average molecular weight is 444 g/mol. The molecule has 0 aromatic heterocycles. The van der Waals surface area contributed by atoms with Crippen molar-refractivity contribution in [3.05, 3.63) is 83.4 Å². The van der Waals surface area contributed by atoms with Gasteiger partial charge in [0.15, 0.2) is 6.61 Å². The molecule has 0 aliphatic carbocycles. The Labute approximate surface area is 192 Å². The van der Waals surface area contributed by atoms with Crippen molar-refractivity contribution < 1.29 is 19.1 Å². The maximum Gasteiger partial charge on any atom is 0.262 e. The highest BCUT2D eigenvalue weighted by molar-refractivity contribution is 6.10. The number of carbonyl (C=O) groups is 3. The largest absolute Gasteiger partial charge is 0.482 e. The first-order valence-corrected chi connectivity index (χ1v) is 10.6. The van der Waals surface area contributed by atoms with Gasteiger partial charge in [0, 0.05) is 11.1 Å². The first kappa shape index (κ1) is 22.1. The summed E-state index contributed by atoms with van der Waals surface area (Å²) < 4.78 is 5.38. The molecule has 168 valence electrons. The van der Waals surface area contributed by atoms with Crippen molar-refractivity contribution in [3.8, 4) is 5.75 Å². The number of hydrogen-bond acceptors (Lipinski definition) is 4. The van der Waals surface area contributed by atoms with Crippen molar-refractivity contribution in [2.45, 2.75) is 26.2 Å². The number of para-hydroxylation sites is 2. The fraction of sp³-hybridized carbons (Fsp3) is 0.192.